The van der Waals surface area contributed by atoms with Crippen LogP contribution in [0, 0.1) is 6.92 Å². The number of aryl methyl sites for hydroxylation is 1. The van der Waals surface area contributed by atoms with Crippen LogP contribution >= 0.6 is 11.6 Å². The van der Waals surface area contributed by atoms with Gasteiger partial charge in [0.15, 0.2) is 9.84 Å². The van der Waals surface area contributed by atoms with Crippen LogP contribution in [-0.2, 0) is 22.8 Å². The van der Waals surface area contributed by atoms with Gasteiger partial charge in [0.1, 0.15) is 0 Å². The molecule has 0 fully saturated rings. The first-order chi connectivity index (χ1) is 17.2. The Bertz CT molecular complexity index is 1750. The lowest BCUT2D eigenvalue weighted by Crippen LogP contribution is -2.23. The molecule has 8 nitrogen and oxygen atoms in total. The Morgan fingerprint density at radius 1 is 1.06 bits per heavy atom. The number of sulfone groups is 1. The molecule has 0 aliphatic heterocycles. The molecular weight excluding hydrogens is 498 g/mol. The maximum Gasteiger partial charge on any atom is 0.251 e. The zero-order valence-electron chi connectivity index (χ0n) is 19.5. The van der Waals surface area contributed by atoms with Crippen LogP contribution in [0.3, 0.4) is 0 Å². The molecule has 0 bridgehead atoms. The molecule has 0 saturated carbocycles. The van der Waals surface area contributed by atoms with E-state index < -0.39 is 9.84 Å². The molecule has 5 aromatic rings. The van der Waals surface area contributed by atoms with Crippen molar-refractivity contribution in [1.82, 2.24) is 25.5 Å². The van der Waals surface area contributed by atoms with E-state index in [4.69, 9.17) is 11.6 Å². The Kier molecular flexibility index (Phi) is 6.19. The molecule has 0 unspecified atom stereocenters. The van der Waals surface area contributed by atoms with Crippen molar-refractivity contribution in [3.63, 3.8) is 0 Å². The van der Waals surface area contributed by atoms with Crippen molar-refractivity contribution in [2.45, 2.75) is 24.8 Å². The third-order valence-electron chi connectivity index (χ3n) is 5.88. The van der Waals surface area contributed by atoms with Gasteiger partial charge in [0.25, 0.3) is 5.91 Å². The number of carbonyl (C=O) groups is 1. The monoisotopic (exact) mass is 519 g/mol. The standard InChI is InChI=1S/C26H22ClN5O3S/c1-15-7-18-8-16(10-25(36(2,34)35)22(18)13-29-15)9-20-11-17(5-6-28-20)26(33)30-14-24-21-12-19(27)3-4-23(21)31-32-24/h3-8,10-13H,9,14H2,1-2H3,(H,30,33)(H,31,32). The SMILES string of the molecule is Cc1cc2cc(Cc3cc(C(=O)NCc4[nH]nc5ccc(Cl)cc45)ccn3)cc(S(C)(=O)=O)c2cn1. The zero-order chi connectivity index (χ0) is 25.4. The summed E-state index contributed by atoms with van der Waals surface area (Å²) in [6, 6.07) is 14.2. The summed E-state index contributed by atoms with van der Waals surface area (Å²) >= 11 is 6.09. The van der Waals surface area contributed by atoms with Crippen molar-refractivity contribution in [2.75, 3.05) is 6.26 Å². The number of hydrogen-bond donors (Lipinski definition) is 2. The van der Waals surface area contributed by atoms with E-state index in [1.807, 2.05) is 25.1 Å². The summed E-state index contributed by atoms with van der Waals surface area (Å²) in [6.45, 7) is 2.11. The van der Waals surface area contributed by atoms with Gasteiger partial charge in [-0.2, -0.15) is 5.10 Å². The lowest BCUT2D eigenvalue weighted by Gasteiger charge is -2.10. The molecule has 0 aliphatic carbocycles. The average molecular weight is 520 g/mol. The predicted octanol–water partition coefficient (Wildman–Crippen LogP) is 4.39. The van der Waals surface area contributed by atoms with Crippen LogP contribution in [0.5, 0.6) is 0 Å². The Labute approximate surface area is 212 Å². The second-order valence-corrected chi connectivity index (χ2v) is 11.1. The number of pyridine rings is 2. The number of fused-ring (bicyclic) bond motifs is 2. The molecule has 2 N–H and O–H groups in total. The summed E-state index contributed by atoms with van der Waals surface area (Å²) < 4.78 is 24.9. The van der Waals surface area contributed by atoms with E-state index in [1.54, 1.807) is 42.7 Å². The number of amides is 1. The van der Waals surface area contributed by atoms with E-state index >= 15 is 0 Å². The van der Waals surface area contributed by atoms with Gasteiger partial charge >= 0.3 is 0 Å². The van der Waals surface area contributed by atoms with Crippen molar-refractivity contribution in [2.24, 2.45) is 0 Å². The van der Waals surface area contributed by atoms with Crippen LogP contribution in [0.1, 0.15) is 33.0 Å². The molecule has 0 aliphatic rings. The van der Waals surface area contributed by atoms with Gasteiger partial charge in [-0.1, -0.05) is 17.7 Å². The Hall–Kier alpha value is -3.82. The fraction of sp³-hybridized carbons (Fsp3) is 0.154. The smallest absolute Gasteiger partial charge is 0.251 e. The van der Waals surface area contributed by atoms with Crippen LogP contribution < -0.4 is 5.32 Å². The van der Waals surface area contributed by atoms with Crippen molar-refractivity contribution < 1.29 is 13.2 Å². The second-order valence-electron chi connectivity index (χ2n) is 8.67. The fourth-order valence-corrected chi connectivity index (χ4v) is 5.28. The topological polar surface area (TPSA) is 118 Å². The maximum absolute atomic E-state index is 12.9. The minimum atomic E-state index is -3.47. The maximum atomic E-state index is 12.9. The van der Waals surface area contributed by atoms with E-state index in [0.717, 1.165) is 33.2 Å². The van der Waals surface area contributed by atoms with Gasteiger partial charge in [-0.15, -0.1) is 0 Å². The molecule has 2 aromatic carbocycles. The highest BCUT2D eigenvalue weighted by molar-refractivity contribution is 7.91. The molecule has 182 valence electrons. The van der Waals surface area contributed by atoms with Crippen molar-refractivity contribution >= 4 is 49.0 Å². The van der Waals surface area contributed by atoms with E-state index in [2.05, 4.69) is 25.5 Å². The Morgan fingerprint density at radius 3 is 2.69 bits per heavy atom. The summed E-state index contributed by atoms with van der Waals surface area (Å²) in [5.74, 6) is -0.263. The number of carbonyl (C=O) groups excluding carboxylic acids is 1. The largest absolute Gasteiger partial charge is 0.346 e. The van der Waals surface area contributed by atoms with Crippen molar-refractivity contribution in [3.8, 4) is 0 Å². The molecule has 3 aromatic heterocycles. The minimum absolute atomic E-state index is 0.225. The molecule has 10 heteroatoms. The van der Waals surface area contributed by atoms with Gasteiger partial charge < -0.3 is 5.32 Å². The molecule has 0 atom stereocenters. The summed E-state index contributed by atoms with van der Waals surface area (Å²) in [4.78, 5) is 21.7. The fourth-order valence-electron chi connectivity index (χ4n) is 4.17. The quantitative estimate of drug-likeness (QED) is 0.343. The van der Waals surface area contributed by atoms with Gasteiger partial charge in [-0.3, -0.25) is 19.9 Å². The summed E-state index contributed by atoms with van der Waals surface area (Å²) in [6.07, 6.45) is 4.71. The van der Waals surface area contributed by atoms with Gasteiger partial charge in [-0.05, 0) is 60.3 Å². The molecule has 0 spiro atoms. The number of rotatable bonds is 6. The van der Waals surface area contributed by atoms with Crippen LogP contribution in [0.2, 0.25) is 5.02 Å². The first-order valence-corrected chi connectivity index (χ1v) is 13.4. The molecule has 1 amide bonds. The molecule has 36 heavy (non-hydrogen) atoms. The van der Waals surface area contributed by atoms with Gasteiger partial charge in [0.2, 0.25) is 0 Å². The van der Waals surface area contributed by atoms with Crippen LogP contribution in [0.4, 0.5) is 0 Å². The number of benzene rings is 2. The second kappa shape index (κ2) is 9.33. The van der Waals surface area contributed by atoms with E-state index in [1.165, 1.54) is 6.26 Å². The lowest BCUT2D eigenvalue weighted by atomic mass is 10.0. The van der Waals surface area contributed by atoms with Crippen molar-refractivity contribution in [3.05, 3.63) is 94.2 Å². The number of aromatic amines is 1. The summed E-state index contributed by atoms with van der Waals surface area (Å²) in [5.41, 5.74) is 4.19. The Balaban J connectivity index is 1.38. The van der Waals surface area contributed by atoms with Gasteiger partial charge in [0, 0.05) is 57.8 Å². The normalized spacial score (nSPS) is 11.8. The van der Waals surface area contributed by atoms with Gasteiger partial charge in [0.05, 0.1) is 22.7 Å². The van der Waals surface area contributed by atoms with Crippen LogP contribution in [0.25, 0.3) is 21.7 Å². The van der Waals surface area contributed by atoms with Crippen LogP contribution in [-0.4, -0.2) is 40.7 Å². The first-order valence-electron chi connectivity index (χ1n) is 11.1. The number of hydrogen-bond acceptors (Lipinski definition) is 6. The zero-order valence-corrected chi connectivity index (χ0v) is 21.1. The first kappa shape index (κ1) is 23.9. The van der Waals surface area contributed by atoms with E-state index in [-0.39, 0.29) is 17.3 Å². The van der Waals surface area contributed by atoms with E-state index in [9.17, 15) is 13.2 Å². The number of H-pyrrole nitrogens is 1. The molecular formula is C26H22ClN5O3S. The number of halogens is 1. The lowest BCUT2D eigenvalue weighted by molar-refractivity contribution is 0.0950. The van der Waals surface area contributed by atoms with Crippen LogP contribution in [0.15, 0.2) is 65.8 Å². The Morgan fingerprint density at radius 2 is 1.89 bits per heavy atom. The predicted molar refractivity (Wildman–Crippen MR) is 139 cm³/mol. The summed E-state index contributed by atoms with van der Waals surface area (Å²) in [5, 5.41) is 12.9. The molecule has 0 radical (unpaired) electrons. The number of aromatic nitrogens is 4. The third kappa shape index (κ3) is 4.93. The van der Waals surface area contributed by atoms with E-state index in [0.29, 0.717) is 28.1 Å². The number of nitrogens with zero attached hydrogens (tertiary/aromatic N) is 3. The highest BCUT2D eigenvalue weighted by Crippen LogP contribution is 2.26. The number of nitrogens with one attached hydrogen (secondary N) is 2. The van der Waals surface area contributed by atoms with Crippen molar-refractivity contribution in [1.29, 1.82) is 0 Å². The highest BCUT2D eigenvalue weighted by atomic mass is 35.5. The van der Waals surface area contributed by atoms with Gasteiger partial charge in [-0.25, -0.2) is 8.42 Å². The minimum Gasteiger partial charge on any atom is -0.346 e. The summed E-state index contributed by atoms with van der Waals surface area (Å²) in [7, 11) is -3.47. The highest BCUT2D eigenvalue weighted by Gasteiger charge is 2.16. The molecule has 3 heterocycles. The molecule has 0 saturated heterocycles. The molecule has 5 rings (SSSR count). The third-order valence-corrected chi connectivity index (χ3v) is 7.25. The average Bonchev–Trinajstić information content (AvgIpc) is 3.23.